The van der Waals surface area contributed by atoms with Crippen molar-refractivity contribution in [1.29, 1.82) is 0 Å². The summed E-state index contributed by atoms with van der Waals surface area (Å²) in [6.07, 6.45) is 0.944. The van der Waals surface area contributed by atoms with E-state index in [-0.39, 0.29) is 18.2 Å². The van der Waals surface area contributed by atoms with Gasteiger partial charge < -0.3 is 14.8 Å². The molecule has 0 aromatic rings. The second-order valence-corrected chi connectivity index (χ2v) is 2.25. The molecule has 1 heterocycles. The van der Waals surface area contributed by atoms with Gasteiger partial charge in [0.1, 0.15) is 0 Å². The summed E-state index contributed by atoms with van der Waals surface area (Å²) in [6.45, 7) is 1.79. The van der Waals surface area contributed by atoms with Crippen molar-refractivity contribution in [2.45, 2.75) is 12.2 Å². The van der Waals surface area contributed by atoms with Crippen LogP contribution in [0.4, 0.5) is 0 Å². The minimum Gasteiger partial charge on any atom is -0.352 e. The maximum Gasteiger partial charge on any atom is 0.181 e. The average Bonchev–Trinajstić information content (AvgIpc) is 2.36. The summed E-state index contributed by atoms with van der Waals surface area (Å²) in [4.78, 5) is 0. The zero-order valence-corrected chi connectivity index (χ0v) is 7.16. The SMILES string of the molecule is COC1(OC)CCNC1.Cl. The van der Waals surface area contributed by atoms with Crippen LogP contribution in [0.25, 0.3) is 0 Å². The molecule has 1 fully saturated rings. The van der Waals surface area contributed by atoms with E-state index in [1.807, 2.05) is 0 Å². The van der Waals surface area contributed by atoms with Gasteiger partial charge in [0.05, 0.1) is 0 Å². The van der Waals surface area contributed by atoms with Gasteiger partial charge in [-0.05, 0) is 0 Å². The molecule has 3 nitrogen and oxygen atoms in total. The van der Waals surface area contributed by atoms with Gasteiger partial charge in [-0.15, -0.1) is 12.4 Å². The van der Waals surface area contributed by atoms with Crippen molar-refractivity contribution in [3.63, 3.8) is 0 Å². The average molecular weight is 168 g/mol. The van der Waals surface area contributed by atoms with E-state index in [0.717, 1.165) is 19.5 Å². The number of ether oxygens (including phenoxy) is 2. The number of halogens is 1. The van der Waals surface area contributed by atoms with Crippen LogP contribution in [0.2, 0.25) is 0 Å². The molecule has 0 aromatic carbocycles. The first-order valence-electron chi connectivity index (χ1n) is 3.14. The van der Waals surface area contributed by atoms with Gasteiger partial charge >= 0.3 is 0 Å². The van der Waals surface area contributed by atoms with Gasteiger partial charge in [-0.3, -0.25) is 0 Å². The molecule has 0 bridgehead atoms. The quantitative estimate of drug-likeness (QED) is 0.604. The minimum atomic E-state index is -0.333. The second kappa shape index (κ2) is 4.13. The Hall–Kier alpha value is 0.170. The summed E-state index contributed by atoms with van der Waals surface area (Å²) < 4.78 is 10.3. The molecule has 0 aliphatic carbocycles. The van der Waals surface area contributed by atoms with Crippen LogP contribution in [0.1, 0.15) is 6.42 Å². The molecule has 4 heteroatoms. The third kappa shape index (κ3) is 1.83. The van der Waals surface area contributed by atoms with Gasteiger partial charge in [-0.25, -0.2) is 0 Å². The van der Waals surface area contributed by atoms with Gasteiger partial charge in [0.15, 0.2) is 5.79 Å². The molecule has 1 N–H and O–H groups in total. The lowest BCUT2D eigenvalue weighted by Gasteiger charge is -2.23. The molecule has 10 heavy (non-hydrogen) atoms. The molecule has 0 unspecified atom stereocenters. The normalized spacial score (nSPS) is 22.2. The lowest BCUT2D eigenvalue weighted by molar-refractivity contribution is -0.190. The highest BCUT2D eigenvalue weighted by atomic mass is 35.5. The van der Waals surface area contributed by atoms with Crippen LogP contribution in [-0.4, -0.2) is 33.1 Å². The van der Waals surface area contributed by atoms with E-state index in [1.54, 1.807) is 14.2 Å². The molecule has 1 rings (SSSR count). The third-order valence-corrected chi connectivity index (χ3v) is 1.82. The molecule has 0 saturated carbocycles. The topological polar surface area (TPSA) is 30.5 Å². The monoisotopic (exact) mass is 167 g/mol. The van der Waals surface area contributed by atoms with Gasteiger partial charge in [0.2, 0.25) is 0 Å². The van der Waals surface area contributed by atoms with Gasteiger partial charge in [-0.1, -0.05) is 0 Å². The van der Waals surface area contributed by atoms with Crippen LogP contribution in [0.15, 0.2) is 0 Å². The lowest BCUT2D eigenvalue weighted by atomic mass is 10.2. The molecule has 0 atom stereocenters. The molecule has 0 radical (unpaired) electrons. The first-order chi connectivity index (χ1) is 4.33. The standard InChI is InChI=1S/C6H13NO2.ClH/c1-8-6(9-2)3-4-7-5-6;/h7H,3-5H2,1-2H3;1H. The van der Waals surface area contributed by atoms with Crippen molar-refractivity contribution in [2.24, 2.45) is 0 Å². The van der Waals surface area contributed by atoms with E-state index in [0.29, 0.717) is 0 Å². The van der Waals surface area contributed by atoms with E-state index < -0.39 is 0 Å². The molecule has 1 aliphatic rings. The molecule has 0 aromatic heterocycles. The van der Waals surface area contributed by atoms with Crippen LogP contribution in [-0.2, 0) is 9.47 Å². The molecular formula is C6H14ClNO2. The van der Waals surface area contributed by atoms with Gasteiger partial charge in [-0.2, -0.15) is 0 Å². The van der Waals surface area contributed by atoms with Crippen molar-refractivity contribution in [3.8, 4) is 0 Å². The molecule has 0 amide bonds. The zero-order chi connectivity index (χ0) is 6.74. The number of nitrogens with one attached hydrogen (secondary N) is 1. The fraction of sp³-hybridized carbons (Fsp3) is 1.00. The molecule has 1 aliphatic heterocycles. The summed E-state index contributed by atoms with van der Waals surface area (Å²) >= 11 is 0. The van der Waals surface area contributed by atoms with E-state index in [2.05, 4.69) is 5.32 Å². The highest BCUT2D eigenvalue weighted by Gasteiger charge is 2.32. The number of rotatable bonds is 2. The summed E-state index contributed by atoms with van der Waals surface area (Å²) in [5, 5.41) is 3.16. The summed E-state index contributed by atoms with van der Waals surface area (Å²) in [7, 11) is 3.35. The van der Waals surface area contributed by atoms with Crippen molar-refractivity contribution in [3.05, 3.63) is 0 Å². The van der Waals surface area contributed by atoms with E-state index in [4.69, 9.17) is 9.47 Å². The molecule has 1 saturated heterocycles. The van der Waals surface area contributed by atoms with E-state index >= 15 is 0 Å². The van der Waals surface area contributed by atoms with Crippen molar-refractivity contribution in [2.75, 3.05) is 27.3 Å². The predicted molar refractivity (Wildman–Crippen MR) is 41.5 cm³/mol. The van der Waals surface area contributed by atoms with Crippen molar-refractivity contribution < 1.29 is 9.47 Å². The van der Waals surface area contributed by atoms with Crippen LogP contribution in [0, 0.1) is 0 Å². The number of hydrogen-bond acceptors (Lipinski definition) is 3. The number of hydrogen-bond donors (Lipinski definition) is 1. The summed E-state index contributed by atoms with van der Waals surface area (Å²) in [5.41, 5.74) is 0. The Morgan fingerprint density at radius 1 is 1.30 bits per heavy atom. The maximum atomic E-state index is 5.16. The Bertz CT molecular complexity index is 87.7. The highest BCUT2D eigenvalue weighted by molar-refractivity contribution is 5.85. The third-order valence-electron chi connectivity index (χ3n) is 1.82. The van der Waals surface area contributed by atoms with Crippen LogP contribution >= 0.6 is 12.4 Å². The Balaban J connectivity index is 0.000000810. The molecule has 62 valence electrons. The summed E-state index contributed by atoms with van der Waals surface area (Å²) in [6, 6.07) is 0. The predicted octanol–water partition coefficient (Wildman–Crippen LogP) is 0.391. The minimum absolute atomic E-state index is 0. The van der Waals surface area contributed by atoms with Crippen LogP contribution in [0.3, 0.4) is 0 Å². The van der Waals surface area contributed by atoms with Crippen LogP contribution < -0.4 is 5.32 Å². The first kappa shape index (κ1) is 10.2. The highest BCUT2D eigenvalue weighted by Crippen LogP contribution is 2.18. The van der Waals surface area contributed by atoms with Gasteiger partial charge in [0, 0.05) is 33.7 Å². The van der Waals surface area contributed by atoms with E-state index in [1.165, 1.54) is 0 Å². The Kier molecular flexibility index (Phi) is 4.20. The Morgan fingerprint density at radius 2 is 1.90 bits per heavy atom. The fourth-order valence-corrected chi connectivity index (χ4v) is 1.08. The Labute approximate surface area is 67.5 Å². The number of methoxy groups -OCH3 is 2. The zero-order valence-electron chi connectivity index (χ0n) is 6.35. The first-order valence-corrected chi connectivity index (χ1v) is 3.14. The molecule has 0 spiro atoms. The van der Waals surface area contributed by atoms with Crippen molar-refractivity contribution >= 4 is 12.4 Å². The fourth-order valence-electron chi connectivity index (χ4n) is 1.08. The maximum absolute atomic E-state index is 5.16. The van der Waals surface area contributed by atoms with E-state index in [9.17, 15) is 0 Å². The largest absolute Gasteiger partial charge is 0.352 e. The second-order valence-electron chi connectivity index (χ2n) is 2.25. The van der Waals surface area contributed by atoms with Gasteiger partial charge in [0.25, 0.3) is 0 Å². The summed E-state index contributed by atoms with van der Waals surface area (Å²) in [5.74, 6) is -0.333. The van der Waals surface area contributed by atoms with Crippen molar-refractivity contribution in [1.82, 2.24) is 5.32 Å². The lowest BCUT2D eigenvalue weighted by Crippen LogP contribution is -2.35. The van der Waals surface area contributed by atoms with Crippen LogP contribution in [0.5, 0.6) is 0 Å². The Morgan fingerprint density at radius 3 is 2.10 bits per heavy atom. The molecular weight excluding hydrogens is 154 g/mol. The smallest absolute Gasteiger partial charge is 0.181 e.